The number of allylic oxidation sites excluding steroid dienone is 3. The van der Waals surface area contributed by atoms with Gasteiger partial charge in [-0.2, -0.15) is 0 Å². The Balaban J connectivity index is 4.26. The van der Waals surface area contributed by atoms with Crippen LogP contribution in [0.5, 0.6) is 0 Å². The molecule has 1 amide bonds. The Kier molecular flexibility index (Phi) is 29.3. The topological polar surface area (TPSA) is 131 Å². The molecule has 5 N–H and O–H groups in total. The Hall–Kier alpha value is -1.02. The van der Waals surface area contributed by atoms with Gasteiger partial charge >= 0.3 is 7.82 Å². The summed E-state index contributed by atoms with van der Waals surface area (Å²) in [7, 11) is -4.32. The highest BCUT2D eigenvalue weighted by molar-refractivity contribution is 7.47. The SMILES string of the molecule is CCCCCCC/C=C/C(O)C(COP(=O)(O)OCCN)NC(=O)CCCCCCC/C=C\CCCCCCCCC. The first-order valence-electron chi connectivity index (χ1n) is 17.0. The van der Waals surface area contributed by atoms with E-state index in [1.54, 1.807) is 6.08 Å². The van der Waals surface area contributed by atoms with E-state index < -0.39 is 20.0 Å². The lowest BCUT2D eigenvalue weighted by atomic mass is 10.1. The fourth-order valence-corrected chi connectivity index (χ4v) is 5.41. The van der Waals surface area contributed by atoms with Gasteiger partial charge < -0.3 is 21.1 Å². The summed E-state index contributed by atoms with van der Waals surface area (Å²) in [5.41, 5.74) is 5.32. The van der Waals surface area contributed by atoms with Crippen molar-refractivity contribution in [3.05, 3.63) is 24.3 Å². The number of aliphatic hydroxyl groups is 1. The summed E-state index contributed by atoms with van der Waals surface area (Å²) in [4.78, 5) is 22.4. The second-order valence-corrected chi connectivity index (χ2v) is 12.8. The van der Waals surface area contributed by atoms with Crippen LogP contribution < -0.4 is 11.1 Å². The monoisotopic (exact) mass is 616 g/mol. The van der Waals surface area contributed by atoms with Crippen molar-refractivity contribution >= 4 is 13.7 Å². The van der Waals surface area contributed by atoms with E-state index in [2.05, 4.69) is 31.3 Å². The highest BCUT2D eigenvalue weighted by Gasteiger charge is 2.26. The van der Waals surface area contributed by atoms with Gasteiger partial charge in [-0.05, 0) is 44.9 Å². The molecule has 3 atom stereocenters. The molecule has 42 heavy (non-hydrogen) atoms. The minimum Gasteiger partial charge on any atom is -0.387 e. The number of carbonyl (C=O) groups is 1. The van der Waals surface area contributed by atoms with Gasteiger partial charge in [0.1, 0.15) is 0 Å². The van der Waals surface area contributed by atoms with Crippen LogP contribution in [0.4, 0.5) is 0 Å². The van der Waals surface area contributed by atoms with E-state index >= 15 is 0 Å². The van der Waals surface area contributed by atoms with Crippen LogP contribution in [0.15, 0.2) is 24.3 Å². The van der Waals surface area contributed by atoms with Crippen LogP contribution in [0.3, 0.4) is 0 Å². The summed E-state index contributed by atoms with van der Waals surface area (Å²) in [6.45, 7) is 4.04. The standard InChI is InChI=1S/C33H65N2O6P/c1-3-5-7-9-11-12-13-14-15-16-17-18-19-21-23-25-27-33(37)35-31(30-41-42(38,39)40-29-28-34)32(36)26-24-22-20-10-8-6-4-2/h15-16,24,26,31-32,36H,3-14,17-23,25,27-30,34H2,1-2H3,(H,35,37)(H,38,39)/b16-15-,26-24+. The number of carbonyl (C=O) groups excluding carboxylic acids is 1. The Morgan fingerprint density at radius 1 is 0.762 bits per heavy atom. The number of phosphoric acid groups is 1. The fraction of sp³-hybridized carbons (Fsp3) is 0.848. The van der Waals surface area contributed by atoms with E-state index in [1.807, 2.05) is 6.08 Å². The Bertz CT molecular complexity index is 719. The van der Waals surface area contributed by atoms with Crippen LogP contribution in [-0.4, -0.2) is 47.8 Å². The van der Waals surface area contributed by atoms with Crippen LogP contribution in [0, 0.1) is 0 Å². The summed E-state index contributed by atoms with van der Waals surface area (Å²) in [5.74, 6) is -0.209. The van der Waals surface area contributed by atoms with Crippen LogP contribution in [-0.2, 0) is 18.4 Å². The first-order valence-corrected chi connectivity index (χ1v) is 18.5. The second-order valence-electron chi connectivity index (χ2n) is 11.4. The van der Waals surface area contributed by atoms with E-state index in [0.29, 0.717) is 6.42 Å². The lowest BCUT2D eigenvalue weighted by Crippen LogP contribution is -2.45. The van der Waals surface area contributed by atoms with Crippen molar-refractivity contribution in [2.75, 3.05) is 19.8 Å². The van der Waals surface area contributed by atoms with Gasteiger partial charge in [0.05, 0.1) is 25.4 Å². The van der Waals surface area contributed by atoms with Crippen molar-refractivity contribution in [1.29, 1.82) is 0 Å². The van der Waals surface area contributed by atoms with Gasteiger partial charge in [-0.25, -0.2) is 4.57 Å². The van der Waals surface area contributed by atoms with Crippen LogP contribution in [0.1, 0.15) is 149 Å². The third-order valence-electron chi connectivity index (χ3n) is 7.27. The zero-order valence-electron chi connectivity index (χ0n) is 27.0. The third kappa shape index (κ3) is 27.8. The van der Waals surface area contributed by atoms with Gasteiger partial charge in [0.25, 0.3) is 0 Å². The molecule has 3 unspecified atom stereocenters. The zero-order valence-corrected chi connectivity index (χ0v) is 27.9. The van der Waals surface area contributed by atoms with Gasteiger partial charge in [-0.1, -0.05) is 122 Å². The van der Waals surface area contributed by atoms with E-state index in [1.165, 1.54) is 77.0 Å². The van der Waals surface area contributed by atoms with E-state index in [4.69, 9.17) is 14.8 Å². The van der Waals surface area contributed by atoms with E-state index in [-0.39, 0.29) is 25.7 Å². The van der Waals surface area contributed by atoms with Crippen LogP contribution in [0.2, 0.25) is 0 Å². The van der Waals surface area contributed by atoms with Crippen molar-refractivity contribution in [3.8, 4) is 0 Å². The van der Waals surface area contributed by atoms with Gasteiger partial charge in [0, 0.05) is 13.0 Å². The molecule has 0 heterocycles. The molecule has 0 aliphatic carbocycles. The number of nitrogens with two attached hydrogens (primary N) is 1. The molecule has 9 heteroatoms. The molecule has 0 fully saturated rings. The van der Waals surface area contributed by atoms with Gasteiger partial charge in [0.2, 0.25) is 5.91 Å². The zero-order chi connectivity index (χ0) is 31.2. The lowest BCUT2D eigenvalue weighted by Gasteiger charge is -2.23. The molecule has 0 aliphatic rings. The molecule has 0 rings (SSSR count). The predicted molar refractivity (Wildman–Crippen MR) is 175 cm³/mol. The van der Waals surface area contributed by atoms with E-state index in [9.17, 15) is 19.4 Å². The van der Waals surface area contributed by atoms with Crippen molar-refractivity contribution in [2.45, 2.75) is 161 Å². The molecule has 0 aromatic rings. The summed E-state index contributed by atoms with van der Waals surface area (Å²) < 4.78 is 21.9. The summed E-state index contributed by atoms with van der Waals surface area (Å²) in [5, 5.41) is 13.4. The molecule has 248 valence electrons. The lowest BCUT2D eigenvalue weighted by molar-refractivity contribution is -0.123. The maximum absolute atomic E-state index is 12.6. The minimum atomic E-state index is -4.32. The molecule has 0 bridgehead atoms. The Morgan fingerprint density at radius 2 is 1.24 bits per heavy atom. The molecule has 8 nitrogen and oxygen atoms in total. The third-order valence-corrected chi connectivity index (χ3v) is 8.26. The maximum Gasteiger partial charge on any atom is 0.472 e. The number of aliphatic hydroxyl groups excluding tert-OH is 1. The number of rotatable bonds is 31. The maximum atomic E-state index is 12.6. The number of unbranched alkanes of at least 4 members (excludes halogenated alkanes) is 17. The molecule has 0 saturated heterocycles. The van der Waals surface area contributed by atoms with Gasteiger partial charge in [0.15, 0.2) is 0 Å². The number of amides is 1. The molecular formula is C33H65N2O6P. The quantitative estimate of drug-likeness (QED) is 0.0350. The number of hydrogen-bond donors (Lipinski definition) is 4. The van der Waals surface area contributed by atoms with Crippen LogP contribution in [0.25, 0.3) is 0 Å². The normalized spacial score (nSPS) is 14.9. The number of nitrogens with one attached hydrogen (secondary N) is 1. The molecule has 0 aliphatic heterocycles. The van der Waals surface area contributed by atoms with Crippen molar-refractivity contribution < 1.29 is 28.4 Å². The average molecular weight is 617 g/mol. The van der Waals surface area contributed by atoms with Crippen LogP contribution >= 0.6 is 7.82 Å². The van der Waals surface area contributed by atoms with Gasteiger partial charge in [-0.15, -0.1) is 0 Å². The molecule has 0 spiro atoms. The highest BCUT2D eigenvalue weighted by atomic mass is 31.2. The average Bonchev–Trinajstić information content (AvgIpc) is 2.97. The summed E-state index contributed by atoms with van der Waals surface area (Å²) >= 11 is 0. The number of phosphoric ester groups is 1. The minimum absolute atomic E-state index is 0.0771. The fourth-order valence-electron chi connectivity index (χ4n) is 4.65. The molecular weight excluding hydrogens is 551 g/mol. The summed E-state index contributed by atoms with van der Waals surface area (Å²) in [6, 6.07) is -0.858. The van der Waals surface area contributed by atoms with Crippen molar-refractivity contribution in [2.24, 2.45) is 5.73 Å². The largest absolute Gasteiger partial charge is 0.472 e. The first-order chi connectivity index (χ1) is 20.4. The summed E-state index contributed by atoms with van der Waals surface area (Å²) in [6.07, 6.45) is 30.9. The number of hydrogen-bond acceptors (Lipinski definition) is 6. The Morgan fingerprint density at radius 3 is 1.76 bits per heavy atom. The molecule has 0 aromatic heterocycles. The highest BCUT2D eigenvalue weighted by Crippen LogP contribution is 2.43. The van der Waals surface area contributed by atoms with Crippen molar-refractivity contribution in [1.82, 2.24) is 5.32 Å². The second kappa shape index (κ2) is 30.0. The first kappa shape index (κ1) is 41.0. The van der Waals surface area contributed by atoms with Crippen molar-refractivity contribution in [3.63, 3.8) is 0 Å². The van der Waals surface area contributed by atoms with E-state index in [0.717, 1.165) is 51.4 Å². The molecule has 0 aromatic carbocycles. The Labute approximate surface area is 257 Å². The molecule has 0 saturated carbocycles. The van der Waals surface area contributed by atoms with Gasteiger partial charge in [-0.3, -0.25) is 13.8 Å². The molecule has 0 radical (unpaired) electrons. The smallest absolute Gasteiger partial charge is 0.387 e. The predicted octanol–water partition coefficient (Wildman–Crippen LogP) is 8.27.